The molecule has 0 aliphatic carbocycles. The van der Waals surface area contributed by atoms with Gasteiger partial charge in [0.2, 0.25) is 0 Å². The average molecular weight is 264 g/mol. The van der Waals surface area contributed by atoms with Gasteiger partial charge in [-0.1, -0.05) is 0 Å². The smallest absolute Gasteiger partial charge is 0.323 e. The van der Waals surface area contributed by atoms with E-state index in [4.69, 9.17) is 4.74 Å². The Balaban J connectivity index is 1.73. The van der Waals surface area contributed by atoms with E-state index in [-0.39, 0.29) is 12.0 Å². The Morgan fingerprint density at radius 3 is 2.84 bits per heavy atom. The Hall–Kier alpha value is -1.43. The number of ether oxygens (including phenoxy) is 1. The molecule has 1 aromatic rings. The number of cyclic esters (lactones) is 1. The van der Waals surface area contributed by atoms with Crippen molar-refractivity contribution in [1.82, 2.24) is 19.7 Å². The lowest BCUT2D eigenvalue weighted by atomic mass is 10.1. The van der Waals surface area contributed by atoms with Crippen molar-refractivity contribution in [2.75, 3.05) is 13.2 Å². The second kappa shape index (κ2) is 4.92. The van der Waals surface area contributed by atoms with Gasteiger partial charge >= 0.3 is 5.97 Å². The van der Waals surface area contributed by atoms with E-state index in [0.29, 0.717) is 12.6 Å². The zero-order valence-electron chi connectivity index (χ0n) is 11.5. The predicted octanol–water partition coefficient (Wildman–Crippen LogP) is 0.675. The molecule has 0 saturated carbocycles. The van der Waals surface area contributed by atoms with Gasteiger partial charge in [0.15, 0.2) is 0 Å². The summed E-state index contributed by atoms with van der Waals surface area (Å²) in [5.41, 5.74) is 0. The van der Waals surface area contributed by atoms with Gasteiger partial charge in [-0.15, -0.1) is 0 Å². The van der Waals surface area contributed by atoms with E-state index >= 15 is 0 Å². The van der Waals surface area contributed by atoms with Crippen LogP contribution in [0.2, 0.25) is 0 Å². The van der Waals surface area contributed by atoms with Gasteiger partial charge in [-0.05, 0) is 33.2 Å². The number of aryl methyl sites for hydroxylation is 2. The van der Waals surface area contributed by atoms with Crippen LogP contribution in [0.25, 0.3) is 0 Å². The molecule has 19 heavy (non-hydrogen) atoms. The molecule has 2 unspecified atom stereocenters. The van der Waals surface area contributed by atoms with Crippen LogP contribution < -0.4 is 0 Å². The summed E-state index contributed by atoms with van der Waals surface area (Å²) in [7, 11) is 0. The summed E-state index contributed by atoms with van der Waals surface area (Å²) in [6.45, 7) is 6.25. The van der Waals surface area contributed by atoms with Crippen molar-refractivity contribution in [3.05, 3.63) is 11.6 Å². The third-order valence-electron chi connectivity index (χ3n) is 4.08. The normalized spacial score (nSPS) is 28.0. The lowest BCUT2D eigenvalue weighted by molar-refractivity contribution is -0.142. The number of carbonyl (C=O) groups is 1. The van der Waals surface area contributed by atoms with Crippen LogP contribution in [0.5, 0.6) is 0 Å². The van der Waals surface area contributed by atoms with Crippen LogP contribution >= 0.6 is 0 Å². The van der Waals surface area contributed by atoms with Gasteiger partial charge in [0.1, 0.15) is 17.7 Å². The van der Waals surface area contributed by atoms with Crippen molar-refractivity contribution in [3.8, 4) is 0 Å². The van der Waals surface area contributed by atoms with E-state index in [1.807, 2.05) is 18.5 Å². The van der Waals surface area contributed by atoms with Gasteiger partial charge in [0.25, 0.3) is 0 Å². The maximum atomic E-state index is 11.7. The van der Waals surface area contributed by atoms with E-state index in [1.165, 1.54) is 0 Å². The predicted molar refractivity (Wildman–Crippen MR) is 68.6 cm³/mol. The molecule has 1 aromatic heterocycles. The number of rotatable bonds is 3. The first-order valence-corrected chi connectivity index (χ1v) is 6.95. The molecular weight excluding hydrogens is 244 g/mol. The SMILES string of the molecule is Cc1nc(C)n(CC2CCCN2C2CCOC2=O)n1. The molecule has 0 bridgehead atoms. The topological polar surface area (TPSA) is 60.2 Å². The lowest BCUT2D eigenvalue weighted by Crippen LogP contribution is -2.43. The summed E-state index contributed by atoms with van der Waals surface area (Å²) in [6.07, 6.45) is 3.08. The van der Waals surface area contributed by atoms with Gasteiger partial charge in [-0.3, -0.25) is 9.69 Å². The Labute approximate surface area is 112 Å². The van der Waals surface area contributed by atoms with Crippen molar-refractivity contribution in [2.24, 2.45) is 0 Å². The number of nitrogens with zero attached hydrogens (tertiary/aromatic N) is 4. The first-order valence-electron chi connectivity index (χ1n) is 6.95. The minimum atomic E-state index is -0.0570. The number of hydrogen-bond donors (Lipinski definition) is 0. The molecule has 6 heteroatoms. The molecule has 0 spiro atoms. The average Bonchev–Trinajstić information content (AvgIpc) is 3.02. The van der Waals surface area contributed by atoms with Crippen molar-refractivity contribution in [2.45, 2.75) is 51.7 Å². The lowest BCUT2D eigenvalue weighted by Gasteiger charge is -2.27. The highest BCUT2D eigenvalue weighted by molar-refractivity contribution is 5.77. The Morgan fingerprint density at radius 2 is 2.21 bits per heavy atom. The number of esters is 1. The molecule has 0 amide bonds. The van der Waals surface area contributed by atoms with Gasteiger partial charge in [0, 0.05) is 12.5 Å². The molecule has 2 saturated heterocycles. The molecule has 2 atom stereocenters. The molecular formula is C13H20N4O2. The molecule has 2 fully saturated rings. The van der Waals surface area contributed by atoms with Crippen LogP contribution in [0.3, 0.4) is 0 Å². The molecule has 3 heterocycles. The van der Waals surface area contributed by atoms with Gasteiger partial charge in [-0.25, -0.2) is 9.67 Å². The van der Waals surface area contributed by atoms with Crippen LogP contribution in [0.1, 0.15) is 30.9 Å². The third kappa shape index (κ3) is 2.36. The second-order valence-electron chi connectivity index (χ2n) is 5.39. The molecule has 2 aliphatic rings. The van der Waals surface area contributed by atoms with Crippen LogP contribution in [0.4, 0.5) is 0 Å². The highest BCUT2D eigenvalue weighted by atomic mass is 16.5. The molecule has 0 aromatic carbocycles. The maximum absolute atomic E-state index is 11.7. The fourth-order valence-corrected chi connectivity index (χ4v) is 3.18. The monoisotopic (exact) mass is 264 g/mol. The first kappa shape index (κ1) is 12.6. The van der Waals surface area contributed by atoms with E-state index < -0.39 is 0 Å². The quantitative estimate of drug-likeness (QED) is 0.751. The zero-order chi connectivity index (χ0) is 13.4. The second-order valence-corrected chi connectivity index (χ2v) is 5.39. The van der Waals surface area contributed by atoms with Crippen molar-refractivity contribution in [3.63, 3.8) is 0 Å². The van der Waals surface area contributed by atoms with Gasteiger partial charge in [-0.2, -0.15) is 5.10 Å². The summed E-state index contributed by atoms with van der Waals surface area (Å²) < 4.78 is 7.05. The number of carbonyl (C=O) groups excluding carboxylic acids is 1. The molecule has 104 valence electrons. The summed E-state index contributed by atoms with van der Waals surface area (Å²) in [5, 5.41) is 4.42. The first-order chi connectivity index (χ1) is 9.15. The van der Waals surface area contributed by atoms with Crippen molar-refractivity contribution >= 4 is 5.97 Å². The summed E-state index contributed by atoms with van der Waals surface area (Å²) in [4.78, 5) is 18.4. The minimum Gasteiger partial charge on any atom is -0.464 e. The Morgan fingerprint density at radius 1 is 1.37 bits per heavy atom. The molecule has 0 radical (unpaired) electrons. The Bertz CT molecular complexity index is 485. The van der Waals surface area contributed by atoms with E-state index in [1.54, 1.807) is 0 Å². The number of aromatic nitrogens is 3. The van der Waals surface area contributed by atoms with Crippen LogP contribution in [0, 0.1) is 13.8 Å². The zero-order valence-corrected chi connectivity index (χ0v) is 11.5. The maximum Gasteiger partial charge on any atom is 0.323 e. The molecule has 0 N–H and O–H groups in total. The van der Waals surface area contributed by atoms with E-state index in [0.717, 1.165) is 44.0 Å². The summed E-state index contributed by atoms with van der Waals surface area (Å²) in [6, 6.07) is 0.327. The summed E-state index contributed by atoms with van der Waals surface area (Å²) in [5.74, 6) is 1.69. The fraction of sp³-hybridized carbons (Fsp3) is 0.769. The standard InChI is InChI=1S/C13H20N4O2/c1-9-14-10(2)17(15-9)8-11-4-3-6-16(11)12-5-7-19-13(12)18/h11-12H,3-8H2,1-2H3. The van der Waals surface area contributed by atoms with Crippen LogP contribution in [0.15, 0.2) is 0 Å². The van der Waals surface area contributed by atoms with Crippen molar-refractivity contribution in [1.29, 1.82) is 0 Å². The highest BCUT2D eigenvalue weighted by Crippen LogP contribution is 2.26. The van der Waals surface area contributed by atoms with Crippen molar-refractivity contribution < 1.29 is 9.53 Å². The highest BCUT2D eigenvalue weighted by Gasteiger charge is 2.38. The molecule has 3 rings (SSSR count). The van der Waals surface area contributed by atoms with Gasteiger partial charge in [0.05, 0.1) is 13.2 Å². The van der Waals surface area contributed by atoms with Gasteiger partial charge < -0.3 is 4.74 Å². The Kier molecular flexibility index (Phi) is 3.26. The number of likely N-dealkylation sites (tertiary alicyclic amines) is 1. The fourth-order valence-electron chi connectivity index (χ4n) is 3.18. The third-order valence-corrected chi connectivity index (χ3v) is 4.08. The van der Waals surface area contributed by atoms with Crippen LogP contribution in [-0.2, 0) is 16.1 Å². The largest absolute Gasteiger partial charge is 0.464 e. The van der Waals surface area contributed by atoms with Crippen LogP contribution in [-0.4, -0.2) is 50.9 Å². The number of hydrogen-bond acceptors (Lipinski definition) is 5. The minimum absolute atomic E-state index is 0.0441. The summed E-state index contributed by atoms with van der Waals surface area (Å²) >= 11 is 0. The molecule has 6 nitrogen and oxygen atoms in total. The molecule has 2 aliphatic heterocycles. The van der Waals surface area contributed by atoms with E-state index in [9.17, 15) is 4.79 Å². The van der Waals surface area contributed by atoms with E-state index in [2.05, 4.69) is 15.0 Å².